The van der Waals surface area contributed by atoms with E-state index in [0.717, 1.165) is 31.5 Å². The van der Waals surface area contributed by atoms with Crippen LogP contribution in [0.15, 0.2) is 12.4 Å². The van der Waals surface area contributed by atoms with Crippen LogP contribution in [-0.2, 0) is 18.3 Å². The average molecular weight is 234 g/mol. The smallest absolute Gasteiger partial charge is 0.309 e. The maximum absolute atomic E-state index is 11.5. The van der Waals surface area contributed by atoms with E-state index in [4.69, 9.17) is 0 Å². The quantitative estimate of drug-likeness (QED) is 0.865. The standard InChI is InChI=1S/C13H18N2O2/c1-15-5-4-14-11(15)2-3-13(12(16)17)7-9-6-10(9)8-13/h4-5,9-10H,2-3,6-8H2,1H3,(H,16,17). The molecule has 0 amide bonds. The number of hydrogen-bond donors (Lipinski definition) is 1. The lowest BCUT2D eigenvalue weighted by atomic mass is 9.79. The fraction of sp³-hybridized carbons (Fsp3) is 0.692. The van der Waals surface area contributed by atoms with Crippen LogP contribution in [0.25, 0.3) is 0 Å². The second-order valence-electron chi connectivity index (χ2n) is 5.70. The highest BCUT2D eigenvalue weighted by atomic mass is 16.4. The van der Waals surface area contributed by atoms with Crippen LogP contribution in [-0.4, -0.2) is 20.6 Å². The average Bonchev–Trinajstić information content (AvgIpc) is 2.73. The Hall–Kier alpha value is -1.32. The van der Waals surface area contributed by atoms with Gasteiger partial charge in [-0.05, 0) is 37.5 Å². The minimum atomic E-state index is -0.598. The molecule has 92 valence electrons. The number of aliphatic carboxylic acids is 1. The summed E-state index contributed by atoms with van der Waals surface area (Å²) in [5, 5.41) is 9.47. The van der Waals surface area contributed by atoms with E-state index >= 15 is 0 Å². The second kappa shape index (κ2) is 3.59. The van der Waals surface area contributed by atoms with Crippen molar-refractivity contribution >= 4 is 5.97 Å². The Kier molecular flexibility index (Phi) is 2.28. The van der Waals surface area contributed by atoms with Crippen LogP contribution in [0.5, 0.6) is 0 Å². The molecule has 2 saturated carbocycles. The molecule has 17 heavy (non-hydrogen) atoms. The van der Waals surface area contributed by atoms with Gasteiger partial charge in [0.05, 0.1) is 5.41 Å². The molecular formula is C13H18N2O2. The van der Waals surface area contributed by atoms with Crippen LogP contribution >= 0.6 is 0 Å². The Balaban J connectivity index is 1.70. The third-order valence-electron chi connectivity index (χ3n) is 4.58. The summed E-state index contributed by atoms with van der Waals surface area (Å²) < 4.78 is 1.98. The minimum absolute atomic E-state index is 0.459. The van der Waals surface area contributed by atoms with E-state index in [1.807, 2.05) is 17.8 Å². The summed E-state index contributed by atoms with van der Waals surface area (Å²) in [4.78, 5) is 15.8. The molecule has 1 N–H and O–H groups in total. The molecule has 1 aromatic rings. The van der Waals surface area contributed by atoms with Crippen molar-refractivity contribution in [3.63, 3.8) is 0 Å². The van der Waals surface area contributed by atoms with Crippen molar-refractivity contribution in [1.29, 1.82) is 0 Å². The molecule has 2 atom stereocenters. The largest absolute Gasteiger partial charge is 0.481 e. The highest BCUT2D eigenvalue weighted by molar-refractivity contribution is 5.75. The lowest BCUT2D eigenvalue weighted by Gasteiger charge is -2.25. The molecule has 1 aromatic heterocycles. The first-order chi connectivity index (χ1) is 8.11. The van der Waals surface area contributed by atoms with E-state index in [2.05, 4.69) is 4.98 Å². The molecule has 4 nitrogen and oxygen atoms in total. The SMILES string of the molecule is Cn1ccnc1CCC1(C(=O)O)CC2CC2C1. The van der Waals surface area contributed by atoms with Gasteiger partial charge in [0, 0.05) is 25.9 Å². The molecule has 0 radical (unpaired) electrons. The molecule has 0 saturated heterocycles. The number of rotatable bonds is 4. The molecule has 2 unspecified atom stereocenters. The van der Waals surface area contributed by atoms with E-state index in [1.54, 1.807) is 6.20 Å². The second-order valence-corrected chi connectivity index (χ2v) is 5.70. The first kappa shape index (κ1) is 10.8. The number of fused-ring (bicyclic) bond motifs is 1. The molecule has 2 aliphatic carbocycles. The molecule has 0 aromatic carbocycles. The third-order valence-corrected chi connectivity index (χ3v) is 4.58. The summed E-state index contributed by atoms with van der Waals surface area (Å²) >= 11 is 0. The molecule has 0 aliphatic heterocycles. The van der Waals surface area contributed by atoms with Gasteiger partial charge in [-0.15, -0.1) is 0 Å². The Morgan fingerprint density at radius 2 is 2.29 bits per heavy atom. The van der Waals surface area contributed by atoms with E-state index < -0.39 is 11.4 Å². The van der Waals surface area contributed by atoms with Crippen LogP contribution in [0, 0.1) is 17.3 Å². The van der Waals surface area contributed by atoms with Crippen molar-refractivity contribution in [2.75, 3.05) is 0 Å². The minimum Gasteiger partial charge on any atom is -0.481 e. The first-order valence-corrected chi connectivity index (χ1v) is 6.30. The van der Waals surface area contributed by atoms with Gasteiger partial charge in [-0.25, -0.2) is 4.98 Å². The van der Waals surface area contributed by atoms with Crippen molar-refractivity contribution in [2.24, 2.45) is 24.3 Å². The van der Waals surface area contributed by atoms with Crippen molar-refractivity contribution in [2.45, 2.75) is 32.1 Å². The summed E-state index contributed by atoms with van der Waals surface area (Å²) in [7, 11) is 1.96. The zero-order chi connectivity index (χ0) is 12.0. The molecule has 0 spiro atoms. The topological polar surface area (TPSA) is 55.1 Å². The van der Waals surface area contributed by atoms with Crippen molar-refractivity contribution in [3.05, 3.63) is 18.2 Å². The number of hydrogen-bond acceptors (Lipinski definition) is 2. The molecule has 3 rings (SSSR count). The fourth-order valence-corrected chi connectivity index (χ4v) is 3.37. The van der Waals surface area contributed by atoms with E-state index in [1.165, 1.54) is 6.42 Å². The number of carboxylic acid groups (broad SMARTS) is 1. The van der Waals surface area contributed by atoms with Crippen LogP contribution < -0.4 is 0 Å². The number of aryl methyl sites for hydroxylation is 2. The fourth-order valence-electron chi connectivity index (χ4n) is 3.37. The van der Waals surface area contributed by atoms with Crippen molar-refractivity contribution in [1.82, 2.24) is 9.55 Å². The molecule has 1 heterocycles. The number of carbonyl (C=O) groups is 1. The van der Waals surface area contributed by atoms with Crippen LogP contribution in [0.1, 0.15) is 31.5 Å². The summed E-state index contributed by atoms with van der Waals surface area (Å²) in [6.45, 7) is 0. The highest BCUT2D eigenvalue weighted by Crippen LogP contribution is 2.61. The normalized spacial score (nSPS) is 34.6. The zero-order valence-electron chi connectivity index (χ0n) is 10.1. The molecule has 2 aliphatic rings. The number of aromatic nitrogens is 2. The molecule has 0 bridgehead atoms. The lowest BCUT2D eigenvalue weighted by molar-refractivity contribution is -0.149. The lowest BCUT2D eigenvalue weighted by Crippen LogP contribution is -2.30. The maximum Gasteiger partial charge on any atom is 0.309 e. The van der Waals surface area contributed by atoms with Crippen LogP contribution in [0.4, 0.5) is 0 Å². The Labute approximate surface area is 101 Å². The molecular weight excluding hydrogens is 216 g/mol. The van der Waals surface area contributed by atoms with Gasteiger partial charge in [0.15, 0.2) is 0 Å². The van der Waals surface area contributed by atoms with Gasteiger partial charge in [-0.2, -0.15) is 0 Å². The number of carboxylic acids is 1. The van der Waals surface area contributed by atoms with Gasteiger partial charge < -0.3 is 9.67 Å². The predicted molar refractivity (Wildman–Crippen MR) is 62.4 cm³/mol. The van der Waals surface area contributed by atoms with Gasteiger partial charge in [-0.1, -0.05) is 0 Å². The monoisotopic (exact) mass is 234 g/mol. The zero-order valence-corrected chi connectivity index (χ0v) is 10.1. The number of imidazole rings is 1. The van der Waals surface area contributed by atoms with Crippen LogP contribution in [0.2, 0.25) is 0 Å². The van der Waals surface area contributed by atoms with Gasteiger partial charge in [0.25, 0.3) is 0 Å². The Bertz CT molecular complexity index is 442. The Morgan fingerprint density at radius 1 is 1.59 bits per heavy atom. The summed E-state index contributed by atoms with van der Waals surface area (Å²) in [5.74, 6) is 1.80. The van der Waals surface area contributed by atoms with E-state index in [-0.39, 0.29) is 0 Å². The van der Waals surface area contributed by atoms with Crippen molar-refractivity contribution < 1.29 is 9.90 Å². The highest BCUT2D eigenvalue weighted by Gasteiger charge is 2.57. The van der Waals surface area contributed by atoms with Gasteiger partial charge >= 0.3 is 5.97 Å². The first-order valence-electron chi connectivity index (χ1n) is 6.30. The number of nitrogens with zero attached hydrogens (tertiary/aromatic N) is 2. The maximum atomic E-state index is 11.5. The predicted octanol–water partition coefficient (Wildman–Crippen LogP) is 1.85. The third kappa shape index (κ3) is 1.75. The summed E-state index contributed by atoms with van der Waals surface area (Å²) in [6.07, 6.45) is 8.23. The molecule has 4 heteroatoms. The summed E-state index contributed by atoms with van der Waals surface area (Å²) in [6, 6.07) is 0. The van der Waals surface area contributed by atoms with Gasteiger partial charge in [-0.3, -0.25) is 4.79 Å². The molecule has 2 fully saturated rings. The van der Waals surface area contributed by atoms with Crippen LogP contribution in [0.3, 0.4) is 0 Å². The Morgan fingerprint density at radius 3 is 2.82 bits per heavy atom. The van der Waals surface area contributed by atoms with E-state index in [9.17, 15) is 9.90 Å². The summed E-state index contributed by atoms with van der Waals surface area (Å²) in [5.41, 5.74) is -0.459. The van der Waals surface area contributed by atoms with Gasteiger partial charge in [0.1, 0.15) is 5.82 Å². The van der Waals surface area contributed by atoms with Crippen molar-refractivity contribution in [3.8, 4) is 0 Å². The van der Waals surface area contributed by atoms with Gasteiger partial charge in [0.2, 0.25) is 0 Å². The van der Waals surface area contributed by atoms with E-state index in [0.29, 0.717) is 11.8 Å².